The number of piperazine rings is 1. The Bertz CT molecular complexity index is 486. The highest BCUT2D eigenvalue weighted by molar-refractivity contribution is 5.23. The first kappa shape index (κ1) is 16.7. The number of nitrogens with zero attached hydrogens (tertiary/aromatic N) is 2. The van der Waals surface area contributed by atoms with Gasteiger partial charge in [0.05, 0.1) is 0 Å². The number of β-amino-alcohol motifs (C(OH)–C–C–N with tert-alkyl or cyclic N) is 1. The van der Waals surface area contributed by atoms with Crippen LogP contribution in [0.5, 0.6) is 5.75 Å². The molecule has 0 spiro atoms. The van der Waals surface area contributed by atoms with E-state index in [1.165, 1.54) is 31.7 Å². The molecule has 4 nitrogen and oxygen atoms in total. The lowest BCUT2D eigenvalue weighted by molar-refractivity contribution is 0.0492. The van der Waals surface area contributed by atoms with E-state index in [-0.39, 0.29) is 12.4 Å². The molecule has 1 heterocycles. The minimum atomic E-state index is -0.610. The molecule has 2 aliphatic rings. The highest BCUT2D eigenvalue weighted by Gasteiger charge is 2.27. The Morgan fingerprint density at radius 2 is 2.00 bits per heavy atom. The number of rotatable bonds is 6. The Morgan fingerprint density at radius 1 is 1.22 bits per heavy atom. The fraction of sp³-hybridized carbons (Fsp3) is 0.611. The lowest BCUT2D eigenvalue weighted by Crippen LogP contribution is -2.49. The normalized spacial score (nSPS) is 22.3. The summed E-state index contributed by atoms with van der Waals surface area (Å²) in [7, 11) is 0. The summed E-state index contributed by atoms with van der Waals surface area (Å²) >= 11 is 0. The quantitative estimate of drug-likeness (QED) is 0.872. The van der Waals surface area contributed by atoms with Gasteiger partial charge < -0.3 is 9.84 Å². The largest absolute Gasteiger partial charge is 0.488 e. The smallest absolute Gasteiger partial charge is 0.165 e. The molecule has 23 heavy (non-hydrogen) atoms. The van der Waals surface area contributed by atoms with E-state index in [1.54, 1.807) is 18.2 Å². The van der Waals surface area contributed by atoms with E-state index >= 15 is 0 Å². The van der Waals surface area contributed by atoms with Crippen LogP contribution in [0.3, 0.4) is 0 Å². The summed E-state index contributed by atoms with van der Waals surface area (Å²) in [6, 6.07) is 7.02. The maximum Gasteiger partial charge on any atom is 0.165 e. The van der Waals surface area contributed by atoms with Crippen LogP contribution in [-0.4, -0.2) is 59.8 Å². The summed E-state index contributed by atoms with van der Waals surface area (Å²) in [5.74, 6) is -0.192. The van der Waals surface area contributed by atoms with Gasteiger partial charge in [0, 0.05) is 38.8 Å². The Hall–Kier alpha value is -1.17. The second-order valence-electron chi connectivity index (χ2n) is 6.51. The topological polar surface area (TPSA) is 35.9 Å². The summed E-state index contributed by atoms with van der Waals surface area (Å²) in [6.45, 7) is 5.81. The first-order valence-electron chi connectivity index (χ1n) is 8.59. The number of hydrogen-bond acceptors (Lipinski definition) is 4. The molecule has 1 unspecified atom stereocenters. The van der Waals surface area contributed by atoms with Crippen LogP contribution in [0.2, 0.25) is 0 Å². The predicted octanol–water partition coefficient (Wildman–Crippen LogP) is 2.29. The molecule has 2 fully saturated rings. The molecule has 1 aromatic carbocycles. The van der Waals surface area contributed by atoms with E-state index in [4.69, 9.17) is 4.74 Å². The summed E-state index contributed by atoms with van der Waals surface area (Å²) in [4.78, 5) is 4.70. The molecule has 127 valence electrons. The minimum absolute atomic E-state index is 0.115. The van der Waals surface area contributed by atoms with Crippen LogP contribution in [0.1, 0.15) is 25.7 Å². The van der Waals surface area contributed by atoms with Crippen molar-refractivity contribution in [1.82, 2.24) is 9.80 Å². The molecule has 1 saturated carbocycles. The zero-order valence-electron chi connectivity index (χ0n) is 13.5. The van der Waals surface area contributed by atoms with E-state index in [0.717, 1.165) is 25.7 Å². The number of aliphatic hydroxyl groups is 1. The molecule has 1 N–H and O–H groups in total. The molecule has 1 radical (unpaired) electrons. The third kappa shape index (κ3) is 4.66. The lowest BCUT2D eigenvalue weighted by Gasteiger charge is -2.38. The summed E-state index contributed by atoms with van der Waals surface area (Å²) < 4.78 is 18.8. The number of aliphatic hydroxyl groups excluding tert-OH is 1. The molecular formula is C18H26FN2O2. The molecule has 1 aliphatic heterocycles. The van der Waals surface area contributed by atoms with Crippen molar-refractivity contribution in [2.75, 3.05) is 32.8 Å². The maximum atomic E-state index is 13.5. The molecular weight excluding hydrogens is 295 g/mol. The van der Waals surface area contributed by atoms with Crippen molar-refractivity contribution in [3.63, 3.8) is 0 Å². The van der Waals surface area contributed by atoms with Gasteiger partial charge in [-0.25, -0.2) is 4.39 Å². The Balaban J connectivity index is 1.37. The van der Waals surface area contributed by atoms with Crippen LogP contribution in [0, 0.1) is 12.4 Å². The summed E-state index contributed by atoms with van der Waals surface area (Å²) in [5.41, 5.74) is 0. The third-order valence-electron chi connectivity index (χ3n) is 4.78. The van der Waals surface area contributed by atoms with E-state index in [1.807, 2.05) is 0 Å². The molecule has 3 rings (SSSR count). The van der Waals surface area contributed by atoms with Gasteiger partial charge in [0.2, 0.25) is 0 Å². The van der Waals surface area contributed by atoms with E-state index in [9.17, 15) is 9.50 Å². The third-order valence-corrected chi connectivity index (χ3v) is 4.78. The Kier molecular flexibility index (Phi) is 5.86. The fourth-order valence-electron chi connectivity index (χ4n) is 3.49. The second kappa shape index (κ2) is 8.08. The van der Waals surface area contributed by atoms with Crippen molar-refractivity contribution in [1.29, 1.82) is 0 Å². The monoisotopic (exact) mass is 321 g/mol. The van der Waals surface area contributed by atoms with Gasteiger partial charge in [0.1, 0.15) is 12.7 Å². The predicted molar refractivity (Wildman–Crippen MR) is 87.6 cm³/mol. The average Bonchev–Trinajstić information content (AvgIpc) is 3.09. The molecule has 0 bridgehead atoms. The van der Waals surface area contributed by atoms with Crippen molar-refractivity contribution < 1.29 is 14.2 Å². The van der Waals surface area contributed by atoms with Gasteiger partial charge in [-0.05, 0) is 25.0 Å². The molecule has 1 aliphatic carbocycles. The van der Waals surface area contributed by atoms with Crippen molar-refractivity contribution in [2.45, 2.75) is 37.8 Å². The lowest BCUT2D eigenvalue weighted by atomic mass is 10.1. The molecule has 1 atom stereocenters. The van der Waals surface area contributed by atoms with Gasteiger partial charge in [-0.1, -0.05) is 25.0 Å². The van der Waals surface area contributed by atoms with Gasteiger partial charge in [-0.2, -0.15) is 0 Å². The number of hydrogen-bond donors (Lipinski definition) is 1. The second-order valence-corrected chi connectivity index (χ2v) is 6.51. The Morgan fingerprint density at radius 3 is 2.70 bits per heavy atom. The zero-order chi connectivity index (χ0) is 16.1. The van der Waals surface area contributed by atoms with Crippen molar-refractivity contribution in [2.24, 2.45) is 0 Å². The molecule has 1 aromatic rings. The van der Waals surface area contributed by atoms with Crippen molar-refractivity contribution >= 4 is 0 Å². The van der Waals surface area contributed by atoms with Crippen molar-refractivity contribution in [3.05, 3.63) is 36.6 Å². The van der Waals surface area contributed by atoms with Crippen LogP contribution in [0.4, 0.5) is 4.39 Å². The average molecular weight is 321 g/mol. The first-order valence-corrected chi connectivity index (χ1v) is 8.59. The number of para-hydroxylation sites is 1. The van der Waals surface area contributed by atoms with Crippen LogP contribution < -0.4 is 4.74 Å². The van der Waals surface area contributed by atoms with Gasteiger partial charge >= 0.3 is 0 Å². The summed E-state index contributed by atoms with van der Waals surface area (Å²) in [5, 5.41) is 10.1. The Labute approximate surface area is 137 Å². The minimum Gasteiger partial charge on any atom is -0.488 e. The van der Waals surface area contributed by atoms with Crippen LogP contribution in [-0.2, 0) is 0 Å². The van der Waals surface area contributed by atoms with Crippen molar-refractivity contribution in [3.8, 4) is 5.75 Å². The number of ether oxygens (including phenoxy) is 1. The van der Waals surface area contributed by atoms with Gasteiger partial charge in [0.15, 0.2) is 11.6 Å². The summed E-state index contributed by atoms with van der Waals surface area (Å²) in [6.07, 6.45) is 4.72. The SMILES string of the molecule is OC(COc1ccccc1F)CN1C[CH]N(C2CCCC2)CC1. The number of benzene rings is 1. The molecule has 0 aromatic heterocycles. The van der Waals surface area contributed by atoms with E-state index in [2.05, 4.69) is 16.3 Å². The highest BCUT2D eigenvalue weighted by atomic mass is 19.1. The maximum absolute atomic E-state index is 13.5. The highest BCUT2D eigenvalue weighted by Crippen LogP contribution is 2.25. The standard InChI is InChI=1S/C18H26FN2O2/c19-17-7-3-4-8-18(17)23-14-16(22)13-20-9-11-21(12-10-20)15-5-1-2-6-15/h3-4,7-8,11,15-16,22H,1-2,5-6,9-10,12-14H2. The first-order chi connectivity index (χ1) is 11.2. The zero-order valence-corrected chi connectivity index (χ0v) is 13.5. The fourth-order valence-corrected chi connectivity index (χ4v) is 3.49. The van der Waals surface area contributed by atoms with Gasteiger partial charge in [0.25, 0.3) is 0 Å². The molecule has 1 saturated heterocycles. The molecule has 5 heteroatoms. The van der Waals surface area contributed by atoms with E-state index < -0.39 is 11.9 Å². The van der Waals surface area contributed by atoms with E-state index in [0.29, 0.717) is 6.54 Å². The number of halogens is 1. The molecule has 0 amide bonds. The van der Waals surface area contributed by atoms with Crippen LogP contribution >= 0.6 is 0 Å². The van der Waals surface area contributed by atoms with Gasteiger partial charge in [-0.15, -0.1) is 0 Å². The van der Waals surface area contributed by atoms with Crippen LogP contribution in [0.25, 0.3) is 0 Å². The van der Waals surface area contributed by atoms with Gasteiger partial charge in [-0.3, -0.25) is 9.80 Å². The van der Waals surface area contributed by atoms with Crippen LogP contribution in [0.15, 0.2) is 24.3 Å².